The summed E-state index contributed by atoms with van der Waals surface area (Å²) in [6.45, 7) is 4.75. The number of carboxylic acid groups (broad SMARTS) is 1. The van der Waals surface area contributed by atoms with Crippen molar-refractivity contribution in [1.29, 1.82) is 0 Å². The van der Waals surface area contributed by atoms with Crippen molar-refractivity contribution in [3.05, 3.63) is 35.9 Å². The summed E-state index contributed by atoms with van der Waals surface area (Å²) in [7, 11) is 0. The Morgan fingerprint density at radius 3 is 2.27 bits per heavy atom. The summed E-state index contributed by atoms with van der Waals surface area (Å²) < 4.78 is 9.80. The van der Waals surface area contributed by atoms with E-state index in [1.54, 1.807) is 45.0 Å². The fourth-order valence-corrected chi connectivity index (χ4v) is 1.46. The Balaban J connectivity index is 2.57. The first-order chi connectivity index (χ1) is 10.2. The average molecular weight is 309 g/mol. The molecule has 0 saturated heterocycles. The van der Waals surface area contributed by atoms with E-state index < -0.39 is 29.7 Å². The number of carbonyl (C=O) groups is 3. The van der Waals surface area contributed by atoms with Crippen LogP contribution in [0, 0.1) is 0 Å². The van der Waals surface area contributed by atoms with Crippen molar-refractivity contribution < 1.29 is 29.0 Å². The third kappa shape index (κ3) is 6.25. The van der Waals surface area contributed by atoms with Crippen molar-refractivity contribution in [2.45, 2.75) is 39.0 Å². The normalized spacial score (nSPS) is 12.1. The van der Waals surface area contributed by atoms with E-state index in [9.17, 15) is 14.4 Å². The monoisotopic (exact) mass is 309 g/mol. The molecule has 22 heavy (non-hydrogen) atoms. The van der Waals surface area contributed by atoms with Crippen LogP contribution >= 0.6 is 0 Å². The van der Waals surface area contributed by atoms with Gasteiger partial charge in [-0.3, -0.25) is 5.32 Å². The molecule has 7 heteroatoms. The standard InChI is InChI=1S/C15H19NO6/c1-15(2,3)22-13(19)11(12(17)18)16-14(20)21-9-10-7-5-4-6-8-10/h4-8,11H,9H2,1-3H3,(H,16,20)(H,17,18)/t11-/m1/s1. The molecule has 0 heterocycles. The first-order valence-electron chi connectivity index (χ1n) is 6.62. The number of aliphatic carboxylic acids is 1. The molecule has 1 amide bonds. The molecule has 1 atom stereocenters. The van der Waals surface area contributed by atoms with Gasteiger partial charge in [0.2, 0.25) is 6.04 Å². The van der Waals surface area contributed by atoms with Gasteiger partial charge < -0.3 is 14.6 Å². The van der Waals surface area contributed by atoms with Gasteiger partial charge >= 0.3 is 18.0 Å². The van der Waals surface area contributed by atoms with Gasteiger partial charge in [0, 0.05) is 0 Å². The molecule has 0 aliphatic carbocycles. The summed E-state index contributed by atoms with van der Waals surface area (Å²) >= 11 is 0. The van der Waals surface area contributed by atoms with Crippen molar-refractivity contribution in [3.8, 4) is 0 Å². The highest BCUT2D eigenvalue weighted by Gasteiger charge is 2.33. The number of hydrogen-bond acceptors (Lipinski definition) is 5. The van der Waals surface area contributed by atoms with Crippen molar-refractivity contribution >= 4 is 18.0 Å². The Morgan fingerprint density at radius 1 is 1.18 bits per heavy atom. The minimum absolute atomic E-state index is 0.0344. The molecule has 0 aliphatic heterocycles. The summed E-state index contributed by atoms with van der Waals surface area (Å²) in [6, 6.07) is 7.04. The number of ether oxygens (including phenoxy) is 2. The minimum Gasteiger partial charge on any atom is -0.479 e. The van der Waals surface area contributed by atoms with E-state index >= 15 is 0 Å². The molecule has 0 aromatic heterocycles. The Bertz CT molecular complexity index is 535. The van der Waals surface area contributed by atoms with Crippen LogP contribution in [-0.4, -0.2) is 34.8 Å². The minimum atomic E-state index is -1.82. The van der Waals surface area contributed by atoms with Crippen molar-refractivity contribution in [2.75, 3.05) is 0 Å². The predicted molar refractivity (Wildman–Crippen MR) is 77.0 cm³/mol. The molecule has 0 fully saturated rings. The lowest BCUT2D eigenvalue weighted by Gasteiger charge is -2.22. The van der Waals surface area contributed by atoms with Crippen LogP contribution in [0.2, 0.25) is 0 Å². The first kappa shape index (κ1) is 17.5. The molecule has 0 bridgehead atoms. The van der Waals surface area contributed by atoms with Gasteiger partial charge in [-0.2, -0.15) is 0 Å². The van der Waals surface area contributed by atoms with Crippen LogP contribution in [0.3, 0.4) is 0 Å². The molecule has 0 spiro atoms. The second kappa shape index (κ2) is 7.44. The van der Waals surface area contributed by atoms with Crippen LogP contribution in [0.5, 0.6) is 0 Å². The Morgan fingerprint density at radius 2 is 1.77 bits per heavy atom. The van der Waals surface area contributed by atoms with Gasteiger partial charge in [0.1, 0.15) is 12.2 Å². The van der Waals surface area contributed by atoms with Crippen LogP contribution in [-0.2, 0) is 25.7 Å². The number of amides is 1. The van der Waals surface area contributed by atoms with Crippen LogP contribution in [0.4, 0.5) is 4.79 Å². The molecular weight excluding hydrogens is 290 g/mol. The predicted octanol–water partition coefficient (Wildman–Crippen LogP) is 1.71. The number of benzene rings is 1. The third-order valence-electron chi connectivity index (χ3n) is 2.36. The Labute approximate surface area is 128 Å². The first-order valence-corrected chi connectivity index (χ1v) is 6.62. The molecule has 7 nitrogen and oxygen atoms in total. The zero-order valence-corrected chi connectivity index (χ0v) is 12.7. The van der Waals surface area contributed by atoms with E-state index in [0.29, 0.717) is 0 Å². The number of carboxylic acids is 1. The van der Waals surface area contributed by atoms with E-state index in [2.05, 4.69) is 0 Å². The molecule has 0 unspecified atom stereocenters. The fraction of sp³-hybridized carbons (Fsp3) is 0.400. The van der Waals surface area contributed by atoms with Crippen LogP contribution < -0.4 is 5.32 Å². The fourth-order valence-electron chi connectivity index (χ4n) is 1.46. The van der Waals surface area contributed by atoms with Crippen LogP contribution in [0.1, 0.15) is 26.3 Å². The SMILES string of the molecule is CC(C)(C)OC(=O)[C@H](NC(=O)OCc1ccccc1)C(=O)O. The van der Waals surface area contributed by atoms with Gasteiger partial charge in [-0.05, 0) is 26.3 Å². The summed E-state index contributed by atoms with van der Waals surface area (Å²) in [6.07, 6.45) is -1.01. The second-order valence-electron chi connectivity index (χ2n) is 5.51. The van der Waals surface area contributed by atoms with E-state index in [4.69, 9.17) is 14.6 Å². The van der Waals surface area contributed by atoms with Crippen molar-refractivity contribution in [3.63, 3.8) is 0 Å². The Hall–Kier alpha value is -2.57. The highest BCUT2D eigenvalue weighted by Crippen LogP contribution is 2.09. The number of esters is 1. The van der Waals surface area contributed by atoms with Gasteiger partial charge in [-0.25, -0.2) is 14.4 Å². The number of alkyl carbamates (subject to hydrolysis) is 1. The topological polar surface area (TPSA) is 102 Å². The van der Waals surface area contributed by atoms with Gasteiger partial charge in [0.05, 0.1) is 0 Å². The van der Waals surface area contributed by atoms with Gasteiger partial charge in [0.25, 0.3) is 0 Å². The quantitative estimate of drug-likeness (QED) is 0.634. The molecule has 1 rings (SSSR count). The molecule has 0 saturated carbocycles. The van der Waals surface area contributed by atoms with Crippen molar-refractivity contribution in [1.82, 2.24) is 5.32 Å². The second-order valence-corrected chi connectivity index (χ2v) is 5.51. The van der Waals surface area contributed by atoms with Gasteiger partial charge in [-0.15, -0.1) is 0 Å². The zero-order valence-electron chi connectivity index (χ0n) is 12.7. The highest BCUT2D eigenvalue weighted by molar-refractivity contribution is 6.00. The van der Waals surface area contributed by atoms with E-state index in [0.717, 1.165) is 5.56 Å². The number of nitrogens with one attached hydrogen (secondary N) is 1. The number of carbonyl (C=O) groups excluding carboxylic acids is 2. The van der Waals surface area contributed by atoms with E-state index in [1.807, 2.05) is 11.4 Å². The molecule has 0 radical (unpaired) electrons. The summed E-state index contributed by atoms with van der Waals surface area (Å²) in [4.78, 5) is 34.4. The summed E-state index contributed by atoms with van der Waals surface area (Å²) in [5.74, 6) is -2.58. The van der Waals surface area contributed by atoms with Crippen molar-refractivity contribution in [2.24, 2.45) is 0 Å². The average Bonchev–Trinajstić information content (AvgIpc) is 2.41. The Kier molecular flexibility index (Phi) is 5.91. The molecule has 1 aromatic carbocycles. The largest absolute Gasteiger partial charge is 0.479 e. The maximum absolute atomic E-state index is 11.7. The van der Waals surface area contributed by atoms with Crippen LogP contribution in [0.25, 0.3) is 0 Å². The van der Waals surface area contributed by atoms with Gasteiger partial charge in [-0.1, -0.05) is 30.3 Å². The molecular formula is C15H19NO6. The molecule has 0 aliphatic rings. The third-order valence-corrected chi connectivity index (χ3v) is 2.36. The zero-order chi connectivity index (χ0) is 16.8. The van der Waals surface area contributed by atoms with E-state index in [1.165, 1.54) is 0 Å². The smallest absolute Gasteiger partial charge is 0.408 e. The molecule has 2 N–H and O–H groups in total. The van der Waals surface area contributed by atoms with E-state index in [-0.39, 0.29) is 6.61 Å². The molecule has 1 aromatic rings. The lowest BCUT2D eigenvalue weighted by molar-refractivity contribution is -0.163. The molecule has 120 valence electrons. The highest BCUT2D eigenvalue weighted by atomic mass is 16.6. The summed E-state index contributed by atoms with van der Waals surface area (Å²) in [5.41, 5.74) is -0.123. The van der Waals surface area contributed by atoms with Crippen LogP contribution in [0.15, 0.2) is 30.3 Å². The lowest BCUT2D eigenvalue weighted by atomic mass is 10.2. The maximum Gasteiger partial charge on any atom is 0.408 e. The van der Waals surface area contributed by atoms with Gasteiger partial charge in [0.15, 0.2) is 0 Å². The summed E-state index contributed by atoms with van der Waals surface area (Å²) in [5, 5.41) is 11.0. The number of rotatable bonds is 5. The number of hydrogen-bond donors (Lipinski definition) is 2. The maximum atomic E-state index is 11.7. The lowest BCUT2D eigenvalue weighted by Crippen LogP contribution is -2.49.